The van der Waals surface area contributed by atoms with Crippen molar-refractivity contribution in [1.29, 1.82) is 0 Å². The minimum atomic E-state index is 0. The van der Waals surface area contributed by atoms with Gasteiger partial charge < -0.3 is 60.2 Å². The second kappa shape index (κ2) is 298. The molecule has 0 aromatic carbocycles. The minimum Gasteiger partial charge on any atom is -2.00 e. The fourth-order valence-corrected chi connectivity index (χ4v) is 0. The molecule has 0 amide bonds. The Hall–Kier alpha value is 5.51. The van der Waals surface area contributed by atoms with E-state index in [4.69, 9.17) is 0 Å². The summed E-state index contributed by atoms with van der Waals surface area (Å²) in [5, 5.41) is 0. The predicted molar refractivity (Wildman–Crippen MR) is 7.55 cm³/mol. The molecule has 0 heterocycles. The number of hydrogen-bond donors (Lipinski definition) is 0. The van der Waals surface area contributed by atoms with Gasteiger partial charge in [-0.2, -0.15) is 0 Å². The molecule has 0 rings (SSSR count). The van der Waals surface area contributed by atoms with Crippen LogP contribution in [-0.2, 0) is 156 Å². The molecule has 90 valence electrons. The topological polar surface area (TPSA) is 314 Å². The quantitative estimate of drug-likeness (QED) is 0.262. The van der Waals surface area contributed by atoms with Crippen LogP contribution in [0.25, 0.3) is 0 Å². The van der Waals surface area contributed by atoms with Gasteiger partial charge >= 0.3 is 179 Å². The first-order chi connectivity index (χ1) is 0. The second-order valence-electron chi connectivity index (χ2n) is 0. The summed E-state index contributed by atoms with van der Waals surface area (Å²) in [6, 6.07) is 0. The van der Waals surface area contributed by atoms with Gasteiger partial charge in [-0.3, -0.25) is 0 Å². The van der Waals surface area contributed by atoms with Crippen LogP contribution < -0.4 is 0 Å². The molecule has 0 saturated carbocycles. The van der Waals surface area contributed by atoms with Gasteiger partial charge in [0.25, 0.3) is 0 Å². The van der Waals surface area contributed by atoms with Gasteiger partial charge in [-0.25, -0.2) is 0 Å². The van der Waals surface area contributed by atoms with Gasteiger partial charge in [0, 0.05) is 0 Å². The van der Waals surface area contributed by atoms with Crippen molar-refractivity contribution in [3.63, 3.8) is 0 Å². The van der Waals surface area contributed by atoms with E-state index >= 15 is 0 Å². The third kappa shape index (κ3) is 270. The van der Waals surface area contributed by atoms with E-state index in [9.17, 15) is 0 Å². The van der Waals surface area contributed by atoms with E-state index in [1.165, 1.54) is 0 Å². The molecular formula is Ce2O11Ti2Zr2. The molecular weight excluding hydrogens is 734 g/mol. The standard InChI is InChI=1S/2Ce.11O.2Ti.2Zr/q2*+3;11*-2;4*+4. The normalized spacial score (nSPS) is 0. The van der Waals surface area contributed by atoms with Gasteiger partial charge in [0.1, 0.15) is 0 Å². The van der Waals surface area contributed by atoms with Crippen molar-refractivity contribution >= 4 is 0 Å². The van der Waals surface area contributed by atoms with Crippen LogP contribution >= 0.6 is 0 Å². The summed E-state index contributed by atoms with van der Waals surface area (Å²) in [5.74, 6) is 0. The van der Waals surface area contributed by atoms with Gasteiger partial charge in [-0.1, -0.05) is 0 Å². The summed E-state index contributed by atoms with van der Waals surface area (Å²) in [5.41, 5.74) is 0. The molecule has 0 aromatic heterocycles. The van der Waals surface area contributed by atoms with Crippen molar-refractivity contribution in [2.75, 3.05) is 0 Å². The molecule has 0 aliphatic carbocycles. The first kappa shape index (κ1) is 343. The fraction of sp³-hybridized carbons (Fsp3) is 0. The van der Waals surface area contributed by atoms with Gasteiger partial charge in [0.2, 0.25) is 0 Å². The van der Waals surface area contributed by atoms with E-state index in [0.717, 1.165) is 0 Å². The van der Waals surface area contributed by atoms with Gasteiger partial charge in [-0.05, 0) is 0 Å². The van der Waals surface area contributed by atoms with Crippen molar-refractivity contribution in [3.05, 3.63) is 0 Å². The molecule has 17 heavy (non-hydrogen) atoms. The van der Waals surface area contributed by atoms with Crippen LogP contribution in [0.15, 0.2) is 0 Å². The molecule has 0 N–H and O–H groups in total. The van der Waals surface area contributed by atoms with E-state index in [1.54, 1.807) is 0 Å². The van der Waals surface area contributed by atoms with Crippen molar-refractivity contribution in [3.8, 4) is 0 Å². The van der Waals surface area contributed by atoms with Gasteiger partial charge in [0.05, 0.1) is 0 Å². The van der Waals surface area contributed by atoms with Crippen LogP contribution in [0, 0.1) is 83.5 Å². The molecule has 0 bridgehead atoms. The predicted octanol–water partition coefficient (Wildman–Crippen LogP) is -1.32. The fourth-order valence-electron chi connectivity index (χ4n) is 0. The van der Waals surface area contributed by atoms with Gasteiger partial charge in [-0.15, -0.1) is 0 Å². The van der Waals surface area contributed by atoms with Crippen LogP contribution in [0.1, 0.15) is 0 Å². The first-order valence-corrected chi connectivity index (χ1v) is 0. The third-order valence-corrected chi connectivity index (χ3v) is 0. The Labute approximate surface area is 234 Å². The van der Waals surface area contributed by atoms with Crippen molar-refractivity contribution in [2.24, 2.45) is 0 Å². The Morgan fingerprint density at radius 3 is 0.235 bits per heavy atom. The van der Waals surface area contributed by atoms with Crippen LogP contribution in [0.3, 0.4) is 0 Å². The van der Waals surface area contributed by atoms with Crippen LogP contribution in [0.4, 0.5) is 0 Å². The summed E-state index contributed by atoms with van der Waals surface area (Å²) in [6.07, 6.45) is 0. The van der Waals surface area contributed by atoms with Crippen LogP contribution in [0.5, 0.6) is 0 Å². The monoisotopic (exact) mass is 731 g/mol. The van der Waals surface area contributed by atoms with Crippen molar-refractivity contribution < 1.29 is 240 Å². The molecule has 0 atom stereocenters. The average Bonchev–Trinajstić information content (AvgIpc) is 0. The first-order valence-electron chi connectivity index (χ1n) is 0. The Bertz CT molecular complexity index is 25.4. The number of rotatable bonds is 0. The Kier molecular flexibility index (Phi) is 6020. The van der Waals surface area contributed by atoms with E-state index < -0.39 is 0 Å². The Balaban J connectivity index is 0. The molecule has 0 aliphatic heterocycles. The summed E-state index contributed by atoms with van der Waals surface area (Å²) in [6.45, 7) is 0. The molecule has 0 aliphatic rings. The van der Waals surface area contributed by atoms with Crippen LogP contribution in [-0.4, -0.2) is 0 Å². The molecule has 0 aromatic rings. The van der Waals surface area contributed by atoms with E-state index in [-0.39, 0.29) is 240 Å². The smallest absolute Gasteiger partial charge is 2.00 e. The Morgan fingerprint density at radius 2 is 0.235 bits per heavy atom. The molecule has 0 saturated heterocycles. The molecule has 2 radical (unpaired) electrons. The summed E-state index contributed by atoms with van der Waals surface area (Å²) in [4.78, 5) is 0. The van der Waals surface area contributed by atoms with Crippen LogP contribution in [0.2, 0.25) is 0 Å². The Morgan fingerprint density at radius 1 is 0.235 bits per heavy atom. The van der Waals surface area contributed by atoms with E-state index in [0.29, 0.717) is 0 Å². The average molecular weight is 734 g/mol. The molecule has 0 spiro atoms. The number of hydrogen-bond acceptors (Lipinski definition) is 0. The summed E-state index contributed by atoms with van der Waals surface area (Å²) < 4.78 is 0. The zero-order valence-corrected chi connectivity index (χ0v) is 21.8. The largest absolute Gasteiger partial charge is 4.00 e. The summed E-state index contributed by atoms with van der Waals surface area (Å²) >= 11 is 0. The molecule has 0 fully saturated rings. The molecule has 11 nitrogen and oxygen atoms in total. The van der Waals surface area contributed by atoms with Gasteiger partial charge in [0.15, 0.2) is 0 Å². The maximum Gasteiger partial charge on any atom is 4.00 e. The molecule has 17 heteroatoms. The molecule has 0 unspecified atom stereocenters. The van der Waals surface area contributed by atoms with Crippen molar-refractivity contribution in [1.82, 2.24) is 0 Å². The maximum atomic E-state index is 0. The van der Waals surface area contributed by atoms with Crippen molar-refractivity contribution in [2.45, 2.75) is 0 Å². The maximum absolute atomic E-state index is 0. The van der Waals surface area contributed by atoms with E-state index in [1.807, 2.05) is 0 Å². The zero-order valence-electron chi connectivity index (χ0n) is 7.49. The summed E-state index contributed by atoms with van der Waals surface area (Å²) in [7, 11) is 0. The third-order valence-electron chi connectivity index (χ3n) is 0. The SMILES string of the molecule is [Ce+3].[Ce+3].[O-2].[O-2].[O-2].[O-2].[O-2].[O-2].[O-2].[O-2].[O-2].[O-2].[O-2].[Ti+4].[Ti+4].[Zr+4].[Zr+4]. The second-order valence-corrected chi connectivity index (χ2v) is 0. The minimum absolute atomic E-state index is 0. The zero-order chi connectivity index (χ0) is 0. The van der Waals surface area contributed by atoms with E-state index in [2.05, 4.69) is 0 Å².